The van der Waals surface area contributed by atoms with Crippen molar-refractivity contribution in [3.8, 4) is 0 Å². The molecule has 4 N–H and O–H groups in total. The highest BCUT2D eigenvalue weighted by Crippen LogP contribution is 2.17. The predicted octanol–water partition coefficient (Wildman–Crippen LogP) is 6.68. The lowest BCUT2D eigenvalue weighted by molar-refractivity contribution is -0.119. The summed E-state index contributed by atoms with van der Waals surface area (Å²) < 4.78 is 1.80. The predicted molar refractivity (Wildman–Crippen MR) is 185 cm³/mol. The van der Waals surface area contributed by atoms with Gasteiger partial charge in [0.05, 0.1) is 17.9 Å². The number of nitrogens with zero attached hydrogens (tertiary/aromatic N) is 4. The fourth-order valence-corrected chi connectivity index (χ4v) is 4.23. The summed E-state index contributed by atoms with van der Waals surface area (Å²) in [5.41, 5.74) is 5.75. The van der Waals surface area contributed by atoms with Gasteiger partial charge in [-0.3, -0.25) is 19.6 Å². The van der Waals surface area contributed by atoms with E-state index in [0.717, 1.165) is 53.3 Å². The minimum absolute atomic E-state index is 0.0370. The first-order valence-corrected chi connectivity index (χ1v) is 15.4. The summed E-state index contributed by atoms with van der Waals surface area (Å²) in [6.07, 6.45) is 3.10. The summed E-state index contributed by atoms with van der Waals surface area (Å²) in [5.74, 6) is 1.60. The van der Waals surface area contributed by atoms with E-state index in [9.17, 15) is 9.59 Å². The molecule has 3 heterocycles. The number of nitrogens with one attached hydrogen (secondary N) is 4. The van der Waals surface area contributed by atoms with Crippen molar-refractivity contribution in [1.29, 1.82) is 0 Å². The molecule has 0 radical (unpaired) electrons. The van der Waals surface area contributed by atoms with Crippen LogP contribution in [0.25, 0.3) is 5.70 Å². The second kappa shape index (κ2) is 19.9. The van der Waals surface area contributed by atoms with Crippen molar-refractivity contribution in [2.24, 2.45) is 11.0 Å². The average molecular weight is 607 g/mol. The maximum atomic E-state index is 11.8. The van der Waals surface area contributed by atoms with Crippen molar-refractivity contribution >= 4 is 34.7 Å². The maximum Gasteiger partial charge on any atom is 0.238 e. The van der Waals surface area contributed by atoms with Crippen LogP contribution in [0.4, 0.5) is 11.5 Å². The number of amides is 2. The first kappa shape index (κ1) is 37.8. The Bertz CT molecular complexity index is 1320. The van der Waals surface area contributed by atoms with Crippen molar-refractivity contribution in [2.45, 2.75) is 81.7 Å². The Hall–Kier alpha value is -4.18. The monoisotopic (exact) mass is 606 g/mol. The van der Waals surface area contributed by atoms with Gasteiger partial charge in [-0.2, -0.15) is 10.2 Å². The Morgan fingerprint density at radius 1 is 1.09 bits per heavy atom. The molecule has 1 atom stereocenters. The molecule has 10 nitrogen and oxygen atoms in total. The number of hydrogen-bond donors (Lipinski definition) is 4. The Morgan fingerprint density at radius 3 is 2.23 bits per heavy atom. The Balaban J connectivity index is 0.000000348. The zero-order valence-corrected chi connectivity index (χ0v) is 28.4. The summed E-state index contributed by atoms with van der Waals surface area (Å²) in [6.45, 7) is 26.1. The number of aryl methyl sites for hydroxylation is 2. The molecule has 2 amide bonds. The van der Waals surface area contributed by atoms with Gasteiger partial charge in [0, 0.05) is 48.9 Å². The average Bonchev–Trinajstić information content (AvgIpc) is 3.68. The highest BCUT2D eigenvalue weighted by Gasteiger charge is 2.20. The normalized spacial score (nSPS) is 13.7. The van der Waals surface area contributed by atoms with Crippen LogP contribution in [0, 0.1) is 19.8 Å². The van der Waals surface area contributed by atoms with Crippen LogP contribution < -0.4 is 16.0 Å². The summed E-state index contributed by atoms with van der Waals surface area (Å²) in [4.78, 5) is 24.2. The minimum Gasteiger partial charge on any atom is -0.354 e. The number of carbonyl (C=O) groups is 2. The molecule has 1 saturated heterocycles. The molecule has 1 aliphatic heterocycles. The molecule has 10 heteroatoms. The minimum atomic E-state index is 0.0370. The lowest BCUT2D eigenvalue weighted by atomic mass is 10.2. The Labute approximate surface area is 264 Å². The zero-order valence-electron chi connectivity index (χ0n) is 28.4. The number of aromatic amines is 1. The van der Waals surface area contributed by atoms with E-state index in [2.05, 4.69) is 49.7 Å². The molecular weight excluding hydrogens is 552 g/mol. The number of H-pyrrole nitrogens is 1. The third kappa shape index (κ3) is 15.3. The first-order valence-electron chi connectivity index (χ1n) is 15.4. The fourth-order valence-electron chi connectivity index (χ4n) is 4.23. The van der Waals surface area contributed by atoms with E-state index in [1.54, 1.807) is 4.68 Å². The molecule has 0 unspecified atom stereocenters. The number of rotatable bonds is 8. The van der Waals surface area contributed by atoms with Crippen molar-refractivity contribution in [3.63, 3.8) is 0 Å². The molecule has 0 saturated carbocycles. The van der Waals surface area contributed by atoms with Gasteiger partial charge >= 0.3 is 0 Å². The molecular formula is C34H54N8O2. The number of aromatic nitrogens is 3. The summed E-state index contributed by atoms with van der Waals surface area (Å²) in [7, 11) is 0. The van der Waals surface area contributed by atoms with Gasteiger partial charge in [-0.1, -0.05) is 45.0 Å². The second-order valence-corrected chi connectivity index (χ2v) is 11.2. The van der Waals surface area contributed by atoms with Crippen LogP contribution in [-0.4, -0.2) is 63.0 Å². The first-order chi connectivity index (χ1) is 20.8. The van der Waals surface area contributed by atoms with Crippen molar-refractivity contribution in [1.82, 2.24) is 25.1 Å². The number of hydrogen-bond acceptors (Lipinski definition) is 6. The van der Waals surface area contributed by atoms with Gasteiger partial charge in [0.2, 0.25) is 11.8 Å². The van der Waals surface area contributed by atoms with E-state index in [-0.39, 0.29) is 17.9 Å². The van der Waals surface area contributed by atoms with Gasteiger partial charge in [0.15, 0.2) is 5.82 Å². The van der Waals surface area contributed by atoms with Crippen LogP contribution >= 0.6 is 0 Å². The quantitative estimate of drug-likeness (QED) is 0.213. The van der Waals surface area contributed by atoms with E-state index in [1.165, 1.54) is 18.9 Å². The van der Waals surface area contributed by atoms with Gasteiger partial charge in [0.1, 0.15) is 0 Å². The third-order valence-corrected chi connectivity index (χ3v) is 6.03. The zero-order chi connectivity index (χ0) is 33.2. The van der Waals surface area contributed by atoms with Gasteiger partial charge in [-0.05, 0) is 84.7 Å². The van der Waals surface area contributed by atoms with Crippen molar-refractivity contribution in [2.75, 3.05) is 30.3 Å². The standard InChI is InChI=1S/C14H20N2O.C13H17N5.C5H11NO.C2H6/c1-11-3-5-13(6-4-11)15-14(17)10-16-8-7-12(2)9-16;1-9(2)17-18-7-5-6-12(18)11(4)14-13-8-10(3)15-16-13;1-4(2)6-5(3)7;1-2/h3-6,12H,7-10H2,1-2H3,(H,15,17);5-8H,4H2,1-3H3,(H2,14,15,16);4H,1-3H3,(H,6,7);1-2H3/t12-;;;/m1.../s1. The van der Waals surface area contributed by atoms with E-state index >= 15 is 0 Å². The Morgan fingerprint density at radius 2 is 1.75 bits per heavy atom. The van der Waals surface area contributed by atoms with Gasteiger partial charge < -0.3 is 16.0 Å². The summed E-state index contributed by atoms with van der Waals surface area (Å²) in [5, 5.41) is 20.1. The number of likely N-dealkylation sites (tertiary alicyclic amines) is 1. The molecule has 1 fully saturated rings. The number of anilines is 2. The molecule has 2 aromatic heterocycles. The number of carbonyl (C=O) groups excluding carboxylic acids is 2. The van der Waals surface area contributed by atoms with Crippen LogP contribution in [0.2, 0.25) is 0 Å². The van der Waals surface area contributed by atoms with Crippen LogP contribution in [0.5, 0.6) is 0 Å². The molecule has 4 rings (SSSR count). The highest BCUT2D eigenvalue weighted by atomic mass is 16.2. The van der Waals surface area contributed by atoms with E-state index < -0.39 is 0 Å². The lowest BCUT2D eigenvalue weighted by Gasteiger charge is -2.14. The van der Waals surface area contributed by atoms with Crippen LogP contribution in [0.3, 0.4) is 0 Å². The smallest absolute Gasteiger partial charge is 0.238 e. The van der Waals surface area contributed by atoms with Gasteiger partial charge in [-0.25, -0.2) is 4.68 Å². The van der Waals surface area contributed by atoms with E-state index in [0.29, 0.717) is 6.54 Å². The third-order valence-electron chi connectivity index (χ3n) is 6.03. The fraction of sp³-hybridized carbons (Fsp3) is 0.471. The topological polar surface area (TPSA) is 119 Å². The van der Waals surface area contributed by atoms with Crippen molar-refractivity contribution < 1.29 is 9.59 Å². The van der Waals surface area contributed by atoms with Crippen LogP contribution in [0.1, 0.15) is 78.8 Å². The molecule has 0 bridgehead atoms. The number of benzene rings is 1. The molecule has 1 aromatic carbocycles. The molecule has 1 aliphatic rings. The molecule has 0 aliphatic carbocycles. The second-order valence-electron chi connectivity index (χ2n) is 11.2. The highest BCUT2D eigenvalue weighted by molar-refractivity contribution is 5.92. The van der Waals surface area contributed by atoms with Gasteiger partial charge in [0.25, 0.3) is 0 Å². The van der Waals surface area contributed by atoms with E-state index in [1.807, 2.05) is 104 Å². The molecule has 0 spiro atoms. The largest absolute Gasteiger partial charge is 0.354 e. The van der Waals surface area contributed by atoms with Gasteiger partial charge in [-0.15, -0.1) is 0 Å². The Kier molecular flexibility index (Phi) is 17.1. The molecule has 3 aromatic rings. The van der Waals surface area contributed by atoms with E-state index in [4.69, 9.17) is 0 Å². The maximum absolute atomic E-state index is 11.8. The SMILES string of the molecule is C=C(Nc1cc(C)[nH]n1)c1cccn1N=C(C)C.CC.CC(=O)NC(C)C.Cc1ccc(NC(=O)CN2CC[C@@H](C)C2)cc1. The molecule has 242 valence electrons. The van der Waals surface area contributed by atoms with Crippen LogP contribution in [-0.2, 0) is 9.59 Å². The van der Waals surface area contributed by atoms with Crippen molar-refractivity contribution in [3.05, 3.63) is 72.2 Å². The summed E-state index contributed by atoms with van der Waals surface area (Å²) in [6, 6.07) is 14.0. The van der Waals surface area contributed by atoms with Crippen LogP contribution in [0.15, 0.2) is 60.3 Å². The summed E-state index contributed by atoms with van der Waals surface area (Å²) >= 11 is 0. The molecule has 44 heavy (non-hydrogen) atoms. The lowest BCUT2D eigenvalue weighted by Crippen LogP contribution is -2.31.